The van der Waals surface area contributed by atoms with E-state index in [1.807, 2.05) is 18.2 Å². The molecule has 0 saturated carbocycles. The highest BCUT2D eigenvalue weighted by atomic mass is 32.1. The van der Waals surface area contributed by atoms with Gasteiger partial charge in [-0.15, -0.1) is 11.3 Å². The SMILES string of the molecule is COc1ccc(-c2csc(CCCCN)n2)c(OC)c1. The summed E-state index contributed by atoms with van der Waals surface area (Å²) in [5.74, 6) is 1.56. The van der Waals surface area contributed by atoms with Crippen molar-refractivity contribution in [3.05, 3.63) is 28.6 Å². The van der Waals surface area contributed by atoms with Gasteiger partial charge < -0.3 is 15.2 Å². The van der Waals surface area contributed by atoms with Gasteiger partial charge >= 0.3 is 0 Å². The van der Waals surface area contributed by atoms with Crippen molar-refractivity contribution < 1.29 is 9.47 Å². The molecule has 0 atom stereocenters. The lowest BCUT2D eigenvalue weighted by Gasteiger charge is -2.08. The highest BCUT2D eigenvalue weighted by Crippen LogP contribution is 2.33. The molecule has 0 aliphatic carbocycles. The molecule has 0 aliphatic heterocycles. The summed E-state index contributed by atoms with van der Waals surface area (Å²) < 4.78 is 10.6. The van der Waals surface area contributed by atoms with Crippen LogP contribution in [0.25, 0.3) is 11.3 Å². The van der Waals surface area contributed by atoms with Crippen LogP contribution < -0.4 is 15.2 Å². The zero-order valence-corrected chi connectivity index (χ0v) is 12.7. The highest BCUT2D eigenvalue weighted by molar-refractivity contribution is 7.09. The van der Waals surface area contributed by atoms with E-state index < -0.39 is 0 Å². The van der Waals surface area contributed by atoms with E-state index in [0.29, 0.717) is 0 Å². The molecule has 2 rings (SSSR count). The molecule has 0 bridgehead atoms. The summed E-state index contributed by atoms with van der Waals surface area (Å²) in [6.07, 6.45) is 3.12. The van der Waals surface area contributed by atoms with E-state index >= 15 is 0 Å². The molecular weight excluding hydrogens is 272 g/mol. The van der Waals surface area contributed by atoms with Crippen LogP contribution in [0.5, 0.6) is 11.5 Å². The maximum Gasteiger partial charge on any atom is 0.131 e. The van der Waals surface area contributed by atoms with Gasteiger partial charge in [-0.2, -0.15) is 0 Å². The molecule has 20 heavy (non-hydrogen) atoms. The molecule has 0 amide bonds. The van der Waals surface area contributed by atoms with Crippen LogP contribution in [0.1, 0.15) is 17.8 Å². The van der Waals surface area contributed by atoms with Crippen molar-refractivity contribution in [2.75, 3.05) is 20.8 Å². The average molecular weight is 292 g/mol. The number of unbranched alkanes of at least 4 members (excludes halogenated alkanes) is 1. The summed E-state index contributed by atoms with van der Waals surface area (Å²) >= 11 is 1.69. The van der Waals surface area contributed by atoms with E-state index in [1.165, 1.54) is 0 Å². The van der Waals surface area contributed by atoms with Crippen LogP contribution in [-0.4, -0.2) is 25.7 Å². The number of methoxy groups -OCH3 is 2. The lowest BCUT2D eigenvalue weighted by atomic mass is 10.1. The quantitative estimate of drug-likeness (QED) is 0.797. The van der Waals surface area contributed by atoms with Gasteiger partial charge in [-0.3, -0.25) is 0 Å². The topological polar surface area (TPSA) is 57.4 Å². The predicted octanol–water partition coefficient (Wildman–Crippen LogP) is 3.11. The first-order valence-electron chi connectivity index (χ1n) is 6.65. The molecule has 5 heteroatoms. The minimum atomic E-state index is 0.741. The second-order valence-electron chi connectivity index (χ2n) is 4.44. The Bertz CT molecular complexity index is 555. The van der Waals surface area contributed by atoms with Crippen LogP contribution in [0, 0.1) is 0 Å². The van der Waals surface area contributed by atoms with Gasteiger partial charge in [-0.1, -0.05) is 0 Å². The van der Waals surface area contributed by atoms with Gasteiger partial charge in [0, 0.05) is 17.0 Å². The molecule has 4 nitrogen and oxygen atoms in total. The summed E-state index contributed by atoms with van der Waals surface area (Å²) in [7, 11) is 3.31. The van der Waals surface area contributed by atoms with Gasteiger partial charge in [0.2, 0.25) is 0 Å². The van der Waals surface area contributed by atoms with E-state index in [0.717, 1.165) is 53.6 Å². The van der Waals surface area contributed by atoms with Gasteiger partial charge in [-0.25, -0.2) is 4.98 Å². The number of aromatic nitrogens is 1. The minimum Gasteiger partial charge on any atom is -0.497 e. The summed E-state index contributed by atoms with van der Waals surface area (Å²) in [5, 5.41) is 3.22. The van der Waals surface area contributed by atoms with Gasteiger partial charge in [0.15, 0.2) is 0 Å². The zero-order chi connectivity index (χ0) is 14.4. The third-order valence-electron chi connectivity index (χ3n) is 3.08. The Morgan fingerprint density at radius 3 is 2.75 bits per heavy atom. The van der Waals surface area contributed by atoms with E-state index in [-0.39, 0.29) is 0 Å². The Kier molecular flexibility index (Phi) is 5.38. The van der Waals surface area contributed by atoms with Crippen molar-refractivity contribution >= 4 is 11.3 Å². The van der Waals surface area contributed by atoms with Crippen LogP contribution >= 0.6 is 11.3 Å². The fourth-order valence-corrected chi connectivity index (χ4v) is 2.82. The lowest BCUT2D eigenvalue weighted by molar-refractivity contribution is 0.395. The van der Waals surface area contributed by atoms with E-state index in [4.69, 9.17) is 15.2 Å². The molecule has 1 heterocycles. The lowest BCUT2D eigenvalue weighted by Crippen LogP contribution is -1.98. The predicted molar refractivity (Wildman–Crippen MR) is 82.6 cm³/mol. The Hall–Kier alpha value is -1.59. The normalized spacial score (nSPS) is 10.6. The number of thiazole rings is 1. The van der Waals surface area contributed by atoms with Gasteiger partial charge in [0.25, 0.3) is 0 Å². The molecule has 0 saturated heterocycles. The molecule has 0 radical (unpaired) electrons. The van der Waals surface area contributed by atoms with E-state index in [2.05, 4.69) is 10.4 Å². The fraction of sp³-hybridized carbons (Fsp3) is 0.400. The van der Waals surface area contributed by atoms with E-state index in [9.17, 15) is 0 Å². The number of ether oxygens (including phenoxy) is 2. The number of hydrogen-bond acceptors (Lipinski definition) is 5. The largest absolute Gasteiger partial charge is 0.497 e. The zero-order valence-electron chi connectivity index (χ0n) is 11.9. The number of nitrogens with zero attached hydrogens (tertiary/aromatic N) is 1. The molecule has 0 spiro atoms. The molecule has 1 aromatic heterocycles. The Morgan fingerprint density at radius 2 is 2.05 bits per heavy atom. The second kappa shape index (κ2) is 7.26. The van der Waals surface area contributed by atoms with Crippen molar-refractivity contribution in [2.24, 2.45) is 5.73 Å². The summed E-state index contributed by atoms with van der Waals surface area (Å²) in [6, 6.07) is 5.78. The number of benzene rings is 1. The van der Waals surface area contributed by atoms with Crippen molar-refractivity contribution in [3.8, 4) is 22.8 Å². The van der Waals surface area contributed by atoms with Gasteiger partial charge in [0.1, 0.15) is 11.5 Å². The summed E-state index contributed by atoms with van der Waals surface area (Å²) in [5.41, 5.74) is 7.46. The van der Waals surface area contributed by atoms with Gasteiger partial charge in [0.05, 0.1) is 24.9 Å². The average Bonchev–Trinajstić information content (AvgIpc) is 2.95. The van der Waals surface area contributed by atoms with Crippen LogP contribution in [0.4, 0.5) is 0 Å². The highest BCUT2D eigenvalue weighted by Gasteiger charge is 2.11. The maximum atomic E-state index is 5.51. The van der Waals surface area contributed by atoms with E-state index in [1.54, 1.807) is 25.6 Å². The number of hydrogen-bond donors (Lipinski definition) is 1. The first-order chi connectivity index (χ1) is 9.78. The number of aryl methyl sites for hydroxylation is 1. The Balaban J connectivity index is 2.18. The number of rotatable bonds is 7. The van der Waals surface area contributed by atoms with Crippen molar-refractivity contribution in [2.45, 2.75) is 19.3 Å². The molecular formula is C15H20N2O2S. The first kappa shape index (κ1) is 14.8. The molecule has 108 valence electrons. The molecule has 0 aliphatic rings. The summed E-state index contributed by atoms with van der Waals surface area (Å²) in [4.78, 5) is 4.67. The monoisotopic (exact) mass is 292 g/mol. The first-order valence-corrected chi connectivity index (χ1v) is 7.53. The van der Waals surface area contributed by atoms with Crippen LogP contribution in [-0.2, 0) is 6.42 Å². The minimum absolute atomic E-state index is 0.741. The molecule has 0 unspecified atom stereocenters. The number of nitrogens with two attached hydrogens (primary N) is 1. The Labute approximate surface area is 123 Å². The molecule has 1 aromatic carbocycles. The third kappa shape index (κ3) is 3.49. The van der Waals surface area contributed by atoms with Crippen LogP contribution in [0.3, 0.4) is 0 Å². The van der Waals surface area contributed by atoms with Crippen molar-refractivity contribution in [1.29, 1.82) is 0 Å². The maximum absolute atomic E-state index is 5.51. The standard InChI is InChI=1S/C15H20N2O2S/c1-18-11-6-7-12(14(9-11)19-2)13-10-20-15(17-13)5-3-4-8-16/h6-7,9-10H,3-5,8,16H2,1-2H3. The Morgan fingerprint density at radius 1 is 1.20 bits per heavy atom. The third-order valence-corrected chi connectivity index (χ3v) is 3.99. The summed E-state index contributed by atoms with van der Waals surface area (Å²) in [6.45, 7) is 0.741. The van der Waals surface area contributed by atoms with Crippen LogP contribution in [0.2, 0.25) is 0 Å². The van der Waals surface area contributed by atoms with Gasteiger partial charge in [-0.05, 0) is 37.9 Å². The van der Waals surface area contributed by atoms with Crippen molar-refractivity contribution in [1.82, 2.24) is 4.98 Å². The molecule has 0 fully saturated rings. The molecule has 2 N–H and O–H groups in total. The fourth-order valence-electron chi connectivity index (χ4n) is 1.98. The van der Waals surface area contributed by atoms with Crippen molar-refractivity contribution in [3.63, 3.8) is 0 Å². The second-order valence-corrected chi connectivity index (χ2v) is 5.38. The molecule has 2 aromatic rings. The van der Waals surface area contributed by atoms with Crippen LogP contribution in [0.15, 0.2) is 23.6 Å². The smallest absolute Gasteiger partial charge is 0.131 e.